The molecule has 1 heterocycles. The third-order valence-electron chi connectivity index (χ3n) is 2.42. The van der Waals surface area contributed by atoms with Gasteiger partial charge in [0.25, 0.3) is 0 Å². The van der Waals surface area contributed by atoms with Crippen molar-refractivity contribution in [3.63, 3.8) is 0 Å². The van der Waals surface area contributed by atoms with E-state index in [-0.39, 0.29) is 11.9 Å². The number of rotatable bonds is 4. The van der Waals surface area contributed by atoms with E-state index in [9.17, 15) is 4.39 Å². The summed E-state index contributed by atoms with van der Waals surface area (Å²) in [6.07, 6.45) is 0.697. The molecule has 0 aliphatic carbocycles. The average Bonchev–Trinajstić information content (AvgIpc) is 2.74. The van der Waals surface area contributed by atoms with Crippen molar-refractivity contribution in [2.45, 2.75) is 19.4 Å². The second-order valence-electron chi connectivity index (χ2n) is 3.85. The zero-order chi connectivity index (χ0) is 11.4. The quantitative estimate of drug-likeness (QED) is 0.846. The van der Waals surface area contributed by atoms with Crippen molar-refractivity contribution in [3.8, 4) is 0 Å². The third-order valence-corrected chi connectivity index (χ3v) is 3.10. The number of nitrogens with one attached hydrogen (secondary N) is 1. The van der Waals surface area contributed by atoms with Gasteiger partial charge in [0.2, 0.25) is 0 Å². The summed E-state index contributed by atoms with van der Waals surface area (Å²) in [5, 5.41) is 7.42. The molecule has 0 saturated carbocycles. The minimum atomic E-state index is -0.124. The molecule has 1 N–H and O–H groups in total. The summed E-state index contributed by atoms with van der Waals surface area (Å²) in [6.45, 7) is 2.06. The smallest absolute Gasteiger partial charge is 0.126 e. The number of hydrogen-bond acceptors (Lipinski definition) is 2. The maximum atomic E-state index is 13.4. The monoisotopic (exact) mass is 235 g/mol. The molecule has 1 aromatic carbocycles. The molecule has 0 spiro atoms. The van der Waals surface area contributed by atoms with Crippen molar-refractivity contribution < 1.29 is 4.39 Å². The first kappa shape index (κ1) is 11.1. The fraction of sp³-hybridized carbons (Fsp3) is 0.231. The summed E-state index contributed by atoms with van der Waals surface area (Å²) in [4.78, 5) is 0. The van der Waals surface area contributed by atoms with Crippen LogP contribution < -0.4 is 5.32 Å². The molecular weight excluding hydrogens is 221 g/mol. The fourth-order valence-corrected chi connectivity index (χ4v) is 2.27. The average molecular weight is 235 g/mol. The molecule has 1 nitrogen and oxygen atoms in total. The van der Waals surface area contributed by atoms with Gasteiger partial charge in [0.15, 0.2) is 0 Å². The highest BCUT2D eigenvalue weighted by atomic mass is 32.1. The highest BCUT2D eigenvalue weighted by Crippen LogP contribution is 2.15. The molecule has 1 unspecified atom stereocenters. The van der Waals surface area contributed by atoms with Gasteiger partial charge in [-0.25, -0.2) is 4.39 Å². The number of halogens is 1. The van der Waals surface area contributed by atoms with E-state index in [2.05, 4.69) is 17.6 Å². The molecule has 1 aromatic heterocycles. The minimum Gasteiger partial charge on any atom is -0.382 e. The van der Waals surface area contributed by atoms with Gasteiger partial charge in [0.1, 0.15) is 5.82 Å². The Hall–Kier alpha value is -1.35. The first-order chi connectivity index (χ1) is 7.75. The second kappa shape index (κ2) is 5.12. The Morgan fingerprint density at radius 2 is 2.12 bits per heavy atom. The Morgan fingerprint density at radius 3 is 2.81 bits per heavy atom. The number of benzene rings is 1. The van der Waals surface area contributed by atoms with Crippen LogP contribution in [0.4, 0.5) is 10.1 Å². The van der Waals surface area contributed by atoms with Gasteiger partial charge >= 0.3 is 0 Å². The van der Waals surface area contributed by atoms with Crippen molar-refractivity contribution in [1.82, 2.24) is 0 Å². The normalized spacial score (nSPS) is 12.4. The molecule has 0 bridgehead atoms. The van der Waals surface area contributed by atoms with E-state index in [0.717, 1.165) is 11.3 Å². The van der Waals surface area contributed by atoms with Gasteiger partial charge in [0, 0.05) is 17.1 Å². The molecule has 3 heteroatoms. The lowest BCUT2D eigenvalue weighted by Crippen LogP contribution is -2.18. The summed E-state index contributed by atoms with van der Waals surface area (Å²) < 4.78 is 13.4. The molecule has 0 amide bonds. The van der Waals surface area contributed by atoms with E-state index in [1.807, 2.05) is 23.6 Å². The third kappa shape index (κ3) is 2.83. The Bertz CT molecular complexity index is 439. The van der Waals surface area contributed by atoms with Gasteiger partial charge in [-0.1, -0.05) is 18.2 Å². The maximum Gasteiger partial charge on any atom is 0.126 e. The Balaban J connectivity index is 1.97. The molecule has 84 valence electrons. The van der Waals surface area contributed by atoms with E-state index in [1.165, 1.54) is 6.07 Å². The summed E-state index contributed by atoms with van der Waals surface area (Å²) in [7, 11) is 0. The van der Waals surface area contributed by atoms with Crippen molar-refractivity contribution >= 4 is 17.0 Å². The van der Waals surface area contributed by atoms with Crippen molar-refractivity contribution in [2.75, 3.05) is 5.32 Å². The zero-order valence-corrected chi connectivity index (χ0v) is 9.93. The van der Waals surface area contributed by atoms with Crippen molar-refractivity contribution in [1.29, 1.82) is 0 Å². The number of anilines is 1. The lowest BCUT2D eigenvalue weighted by Gasteiger charge is -2.14. The van der Waals surface area contributed by atoms with Gasteiger partial charge in [-0.05, 0) is 36.4 Å². The molecule has 0 aliphatic rings. The van der Waals surface area contributed by atoms with Crippen molar-refractivity contribution in [2.24, 2.45) is 0 Å². The van der Waals surface area contributed by atoms with E-state index >= 15 is 0 Å². The molecule has 0 saturated heterocycles. The first-order valence-corrected chi connectivity index (χ1v) is 6.22. The Labute approximate surface area is 98.9 Å². The topological polar surface area (TPSA) is 12.0 Å². The highest BCUT2D eigenvalue weighted by Gasteiger charge is 2.07. The van der Waals surface area contributed by atoms with Crippen LogP contribution in [0.3, 0.4) is 0 Å². The van der Waals surface area contributed by atoms with Crippen LogP contribution in [0.5, 0.6) is 0 Å². The first-order valence-electron chi connectivity index (χ1n) is 5.28. The SMILES string of the molecule is CC(Cc1ccccc1F)Nc1ccsc1. The predicted molar refractivity (Wildman–Crippen MR) is 67.5 cm³/mol. The summed E-state index contributed by atoms with van der Waals surface area (Å²) in [5.74, 6) is -0.124. The van der Waals surface area contributed by atoms with Gasteiger partial charge in [-0.2, -0.15) is 11.3 Å². The van der Waals surface area contributed by atoms with E-state index in [0.29, 0.717) is 6.42 Å². The Kier molecular flexibility index (Phi) is 3.57. The van der Waals surface area contributed by atoms with Gasteiger partial charge in [0.05, 0.1) is 0 Å². The van der Waals surface area contributed by atoms with E-state index in [1.54, 1.807) is 17.4 Å². The predicted octanol–water partition coefficient (Wildman–Crippen LogP) is 3.93. The van der Waals surface area contributed by atoms with Gasteiger partial charge < -0.3 is 5.32 Å². The molecule has 0 radical (unpaired) electrons. The zero-order valence-electron chi connectivity index (χ0n) is 9.11. The van der Waals surface area contributed by atoms with Gasteiger partial charge in [-0.15, -0.1) is 0 Å². The molecule has 1 atom stereocenters. The van der Waals surface area contributed by atoms with Crippen LogP contribution >= 0.6 is 11.3 Å². The summed E-state index contributed by atoms with van der Waals surface area (Å²) >= 11 is 1.65. The van der Waals surface area contributed by atoms with Crippen LogP contribution in [0.25, 0.3) is 0 Å². The van der Waals surface area contributed by atoms with Crippen molar-refractivity contribution in [3.05, 3.63) is 52.5 Å². The molecule has 2 rings (SSSR count). The highest BCUT2D eigenvalue weighted by molar-refractivity contribution is 7.08. The fourth-order valence-electron chi connectivity index (χ4n) is 1.68. The molecule has 0 fully saturated rings. The van der Waals surface area contributed by atoms with Gasteiger partial charge in [-0.3, -0.25) is 0 Å². The lowest BCUT2D eigenvalue weighted by atomic mass is 10.1. The number of hydrogen-bond donors (Lipinski definition) is 1. The van der Waals surface area contributed by atoms with E-state index < -0.39 is 0 Å². The number of thiophene rings is 1. The van der Waals surface area contributed by atoms with Crippen LogP contribution in [0.2, 0.25) is 0 Å². The molecule has 16 heavy (non-hydrogen) atoms. The molecule has 0 aliphatic heterocycles. The van der Waals surface area contributed by atoms with Crippen LogP contribution in [0.15, 0.2) is 41.1 Å². The Morgan fingerprint density at radius 1 is 1.31 bits per heavy atom. The van der Waals surface area contributed by atoms with Crippen LogP contribution in [0.1, 0.15) is 12.5 Å². The minimum absolute atomic E-state index is 0.124. The molecule has 2 aromatic rings. The molecular formula is C13H14FNS. The largest absolute Gasteiger partial charge is 0.382 e. The standard InChI is InChI=1S/C13H14FNS/c1-10(15-12-6-7-16-9-12)8-11-4-2-3-5-13(11)14/h2-7,9-10,15H,8H2,1H3. The maximum absolute atomic E-state index is 13.4. The summed E-state index contributed by atoms with van der Waals surface area (Å²) in [5.41, 5.74) is 1.87. The van der Waals surface area contributed by atoms with Crippen LogP contribution in [0, 0.1) is 5.82 Å². The van der Waals surface area contributed by atoms with Crippen LogP contribution in [-0.4, -0.2) is 6.04 Å². The second-order valence-corrected chi connectivity index (χ2v) is 4.63. The summed E-state index contributed by atoms with van der Waals surface area (Å²) in [6, 6.07) is 9.19. The van der Waals surface area contributed by atoms with E-state index in [4.69, 9.17) is 0 Å². The lowest BCUT2D eigenvalue weighted by molar-refractivity contribution is 0.601. The van der Waals surface area contributed by atoms with Crippen LogP contribution in [-0.2, 0) is 6.42 Å².